The molecule has 5 rings (SSSR count). The number of nitrogens with zero attached hydrogens (tertiary/aromatic N) is 5. The van der Waals surface area contributed by atoms with Gasteiger partial charge in [-0.25, -0.2) is 0 Å². The first-order chi connectivity index (χ1) is 12.8. The molecule has 3 heterocycles. The van der Waals surface area contributed by atoms with Crippen molar-refractivity contribution in [1.29, 1.82) is 0 Å². The largest absolute Gasteiger partial charge is 0.497 e. The molecule has 7 nitrogen and oxygen atoms in total. The first-order valence-corrected chi connectivity index (χ1v) is 8.82. The molecule has 128 valence electrons. The number of ether oxygens (including phenoxy) is 1. The van der Waals surface area contributed by atoms with Gasteiger partial charge in [-0.05, 0) is 36.4 Å². The Morgan fingerprint density at radius 2 is 1.92 bits per heavy atom. The van der Waals surface area contributed by atoms with Crippen molar-refractivity contribution in [2.24, 2.45) is 0 Å². The van der Waals surface area contributed by atoms with Crippen molar-refractivity contribution < 1.29 is 9.26 Å². The minimum absolute atomic E-state index is 0.590. The van der Waals surface area contributed by atoms with Crippen molar-refractivity contribution in [3.05, 3.63) is 59.2 Å². The molecule has 0 fully saturated rings. The molecule has 0 aliphatic carbocycles. The average Bonchev–Trinajstić information content (AvgIpc) is 3.37. The van der Waals surface area contributed by atoms with Gasteiger partial charge in [0.15, 0.2) is 11.4 Å². The van der Waals surface area contributed by atoms with Crippen LogP contribution in [0.2, 0.25) is 0 Å². The van der Waals surface area contributed by atoms with E-state index in [9.17, 15) is 0 Å². The highest BCUT2D eigenvalue weighted by atomic mass is 32.1. The minimum atomic E-state index is 0.590. The predicted octanol–water partition coefficient (Wildman–Crippen LogP) is 3.59. The van der Waals surface area contributed by atoms with Gasteiger partial charge in [-0.2, -0.15) is 9.61 Å². The van der Waals surface area contributed by atoms with E-state index in [0.717, 1.165) is 37.9 Å². The maximum absolute atomic E-state index is 5.37. The van der Waals surface area contributed by atoms with Gasteiger partial charge in [0, 0.05) is 17.4 Å². The smallest absolute Gasteiger partial charge is 0.234 e. The molecule has 0 aliphatic rings. The van der Waals surface area contributed by atoms with Gasteiger partial charge < -0.3 is 9.26 Å². The van der Waals surface area contributed by atoms with Crippen molar-refractivity contribution in [3.63, 3.8) is 0 Å². The summed E-state index contributed by atoms with van der Waals surface area (Å²) in [6, 6.07) is 15.5. The van der Waals surface area contributed by atoms with Crippen LogP contribution >= 0.6 is 11.3 Å². The second-order valence-electron chi connectivity index (χ2n) is 5.74. The highest BCUT2D eigenvalue weighted by Crippen LogP contribution is 2.26. The predicted molar refractivity (Wildman–Crippen MR) is 97.5 cm³/mol. The second kappa shape index (κ2) is 5.92. The molecule has 8 heteroatoms. The Hall–Kier alpha value is -3.26. The SMILES string of the molecule is COc1ccc(-c2nnc3sc(Cc4noc5ccccc45)nn23)cc1. The zero-order chi connectivity index (χ0) is 17.5. The average molecular weight is 363 g/mol. The highest BCUT2D eigenvalue weighted by molar-refractivity contribution is 7.16. The summed E-state index contributed by atoms with van der Waals surface area (Å²) < 4.78 is 12.3. The zero-order valence-electron chi connectivity index (χ0n) is 13.8. The molecule has 0 saturated carbocycles. The number of para-hydroxylation sites is 1. The van der Waals surface area contributed by atoms with Gasteiger partial charge in [-0.3, -0.25) is 0 Å². The molecule has 0 bridgehead atoms. The van der Waals surface area contributed by atoms with E-state index in [4.69, 9.17) is 9.26 Å². The summed E-state index contributed by atoms with van der Waals surface area (Å²) in [6.07, 6.45) is 0.590. The van der Waals surface area contributed by atoms with Crippen molar-refractivity contribution >= 4 is 27.3 Å². The number of methoxy groups -OCH3 is 1. The van der Waals surface area contributed by atoms with Crippen molar-refractivity contribution in [2.45, 2.75) is 6.42 Å². The summed E-state index contributed by atoms with van der Waals surface area (Å²) in [5.41, 5.74) is 2.59. The Kier molecular flexibility index (Phi) is 3.42. The van der Waals surface area contributed by atoms with Crippen molar-refractivity contribution in [3.8, 4) is 17.1 Å². The molecule has 3 aromatic heterocycles. The van der Waals surface area contributed by atoms with E-state index in [0.29, 0.717) is 12.2 Å². The molecule has 2 aromatic carbocycles. The lowest BCUT2D eigenvalue weighted by Gasteiger charge is -2.00. The minimum Gasteiger partial charge on any atom is -0.497 e. The fourth-order valence-electron chi connectivity index (χ4n) is 2.86. The third kappa shape index (κ3) is 2.42. The lowest BCUT2D eigenvalue weighted by molar-refractivity contribution is 0.415. The van der Waals surface area contributed by atoms with Crippen molar-refractivity contribution in [1.82, 2.24) is 25.0 Å². The number of benzene rings is 2. The summed E-state index contributed by atoms with van der Waals surface area (Å²) in [6.45, 7) is 0. The highest BCUT2D eigenvalue weighted by Gasteiger charge is 2.16. The van der Waals surface area contributed by atoms with Gasteiger partial charge >= 0.3 is 0 Å². The van der Waals surface area contributed by atoms with Gasteiger partial charge in [0.25, 0.3) is 0 Å². The van der Waals surface area contributed by atoms with E-state index in [2.05, 4.69) is 20.5 Å². The van der Waals surface area contributed by atoms with Crippen LogP contribution in [0.1, 0.15) is 10.7 Å². The molecule has 26 heavy (non-hydrogen) atoms. The third-order valence-electron chi connectivity index (χ3n) is 4.15. The Bertz CT molecular complexity index is 1210. The molecule has 0 amide bonds. The zero-order valence-corrected chi connectivity index (χ0v) is 14.6. The number of hydrogen-bond donors (Lipinski definition) is 0. The van der Waals surface area contributed by atoms with Crippen LogP contribution in [-0.4, -0.2) is 32.1 Å². The van der Waals surface area contributed by atoms with Crippen LogP contribution < -0.4 is 4.74 Å². The van der Waals surface area contributed by atoms with Crippen LogP contribution in [0.25, 0.3) is 27.3 Å². The van der Waals surface area contributed by atoms with Crippen molar-refractivity contribution in [2.75, 3.05) is 7.11 Å². The molecule has 0 saturated heterocycles. The molecular formula is C18H13N5O2S. The summed E-state index contributed by atoms with van der Waals surface area (Å²) in [5.74, 6) is 1.50. The second-order valence-corrected chi connectivity index (χ2v) is 6.79. The normalized spacial score (nSPS) is 11.4. The summed E-state index contributed by atoms with van der Waals surface area (Å²) in [5, 5.41) is 19.3. The number of rotatable bonds is 4. The van der Waals surface area contributed by atoms with Crippen LogP contribution in [-0.2, 0) is 6.42 Å². The van der Waals surface area contributed by atoms with E-state index in [1.807, 2.05) is 48.5 Å². The Labute approximate surface area is 151 Å². The standard InChI is InChI=1S/C18H13N5O2S/c1-24-12-8-6-11(7-9-12)17-19-20-18-23(17)21-16(26-18)10-14-13-4-2-3-5-15(13)25-22-14/h2-9H,10H2,1H3. The molecule has 5 aromatic rings. The maximum Gasteiger partial charge on any atom is 0.234 e. The van der Waals surface area contributed by atoms with Crippen LogP contribution in [0.4, 0.5) is 0 Å². The molecule has 0 aliphatic heterocycles. The number of hydrogen-bond acceptors (Lipinski definition) is 7. The molecular weight excluding hydrogens is 350 g/mol. The van der Waals surface area contributed by atoms with E-state index < -0.39 is 0 Å². The van der Waals surface area contributed by atoms with Crippen LogP contribution in [0, 0.1) is 0 Å². The molecule has 0 N–H and O–H groups in total. The molecule has 0 atom stereocenters. The van der Waals surface area contributed by atoms with Crippen LogP contribution in [0.15, 0.2) is 53.1 Å². The first-order valence-electron chi connectivity index (χ1n) is 8.00. The maximum atomic E-state index is 5.37. The summed E-state index contributed by atoms with van der Waals surface area (Å²) in [4.78, 5) is 0.749. The monoisotopic (exact) mass is 363 g/mol. The molecule has 0 spiro atoms. The summed E-state index contributed by atoms with van der Waals surface area (Å²) >= 11 is 1.50. The lowest BCUT2D eigenvalue weighted by Crippen LogP contribution is -1.94. The number of aromatic nitrogens is 5. The van der Waals surface area contributed by atoms with E-state index in [1.165, 1.54) is 11.3 Å². The van der Waals surface area contributed by atoms with Gasteiger partial charge in [0.1, 0.15) is 10.8 Å². The quantitative estimate of drug-likeness (QED) is 0.485. The van der Waals surface area contributed by atoms with Crippen LogP contribution in [0.3, 0.4) is 0 Å². The fourth-order valence-corrected chi connectivity index (χ4v) is 3.69. The topological polar surface area (TPSA) is 78.3 Å². The number of fused-ring (bicyclic) bond motifs is 2. The Balaban J connectivity index is 1.51. The molecule has 0 radical (unpaired) electrons. The Morgan fingerprint density at radius 3 is 2.77 bits per heavy atom. The van der Waals surface area contributed by atoms with Crippen LogP contribution in [0.5, 0.6) is 5.75 Å². The summed E-state index contributed by atoms with van der Waals surface area (Å²) in [7, 11) is 1.64. The van der Waals surface area contributed by atoms with E-state index >= 15 is 0 Å². The Morgan fingerprint density at radius 1 is 1.08 bits per heavy atom. The van der Waals surface area contributed by atoms with E-state index in [1.54, 1.807) is 11.6 Å². The van der Waals surface area contributed by atoms with Gasteiger partial charge in [-0.15, -0.1) is 10.2 Å². The van der Waals surface area contributed by atoms with E-state index in [-0.39, 0.29) is 0 Å². The van der Waals surface area contributed by atoms with Gasteiger partial charge in [-0.1, -0.05) is 28.6 Å². The van der Waals surface area contributed by atoms with Gasteiger partial charge in [0.2, 0.25) is 4.96 Å². The third-order valence-corrected chi connectivity index (χ3v) is 5.05. The fraction of sp³-hybridized carbons (Fsp3) is 0.111. The lowest BCUT2D eigenvalue weighted by atomic mass is 10.2. The molecule has 0 unspecified atom stereocenters. The van der Waals surface area contributed by atoms with Gasteiger partial charge in [0.05, 0.1) is 12.8 Å². The first kappa shape index (κ1) is 15.0.